The van der Waals surface area contributed by atoms with Gasteiger partial charge >= 0.3 is 0 Å². The van der Waals surface area contributed by atoms with E-state index in [1.54, 1.807) is 0 Å². The van der Waals surface area contributed by atoms with E-state index in [2.05, 4.69) is 222 Å². The molecule has 118 heavy (non-hydrogen) atoms. The molecule has 0 radical (unpaired) electrons. The van der Waals surface area contributed by atoms with Crippen molar-refractivity contribution in [2.24, 2.45) is 0 Å². The SMILES string of the molecule is CC1(C)c2cc(C#N)ccc2-c2ccc(-c3cc(-c4cc(-c5ccccc5)nc(-c5ccccc5)n4)cc(-c4cc(-c5ccccc5)nc(-c5ccc(-c6ccc(-c7nc(-c8ccccc8)nc(-c8cc(-c9ccc%10c(c9)C(C)(C)c9cc(C#N)ccc9-%10)cc(-c9nc(-c%10ccccc%10)nc(-c%10ccccc%10)n9)c8)n7)cc6)cc5)n4)c3)cc21. The zero-order chi connectivity index (χ0) is 79.6. The van der Waals surface area contributed by atoms with Crippen molar-refractivity contribution in [1.29, 1.82) is 10.5 Å². The van der Waals surface area contributed by atoms with Gasteiger partial charge in [-0.2, -0.15) is 10.5 Å². The third-order valence-electron chi connectivity index (χ3n) is 22.9. The van der Waals surface area contributed by atoms with Crippen LogP contribution in [0.25, 0.3) is 192 Å². The average molecular weight is 1510 g/mol. The lowest BCUT2D eigenvalue weighted by molar-refractivity contribution is 0.660. The van der Waals surface area contributed by atoms with E-state index in [1.807, 2.05) is 170 Å². The Balaban J connectivity index is 0.682. The molecule has 20 rings (SSSR count). The van der Waals surface area contributed by atoms with Crippen molar-refractivity contribution in [1.82, 2.24) is 49.8 Å². The Hall–Kier alpha value is -15.8. The van der Waals surface area contributed by atoms with Gasteiger partial charge in [0.25, 0.3) is 0 Å². The summed E-state index contributed by atoms with van der Waals surface area (Å²) < 4.78 is 0. The molecule has 2 aliphatic rings. The smallest absolute Gasteiger partial charge is 0.164 e. The minimum atomic E-state index is -0.392. The number of nitrogens with zero attached hydrogens (tertiary/aromatic N) is 12. The van der Waals surface area contributed by atoms with Crippen LogP contribution in [0.4, 0.5) is 0 Å². The van der Waals surface area contributed by atoms with Gasteiger partial charge in [0.1, 0.15) is 0 Å². The number of rotatable bonds is 15. The van der Waals surface area contributed by atoms with Gasteiger partial charge in [-0.1, -0.05) is 295 Å². The van der Waals surface area contributed by atoms with Gasteiger partial charge in [0, 0.05) is 77.6 Å². The molecule has 14 aromatic carbocycles. The molecule has 0 amide bonds. The summed E-state index contributed by atoms with van der Waals surface area (Å²) in [5.74, 6) is 4.24. The van der Waals surface area contributed by atoms with Gasteiger partial charge in [-0.05, 0) is 163 Å². The molecule has 0 atom stereocenters. The summed E-state index contributed by atoms with van der Waals surface area (Å²) >= 11 is 0. The standard InChI is InChI=1S/C106H70N12/c1-105(2)89-51-65(63-107)35-47-85(89)87-49-45-77(59-91(87)105)79-53-81(95-61-93(69-23-11-5-12-24-69)109-97(111-95)71-27-15-7-16-28-71)57-82(54-79)96-62-94(70-25-13-6-14-26-70)110-98(112-96)75-41-37-67(38-42-75)68-39-43-76(44-40-68)102-114-101(74-33-21-10-22-34-74)117-104(118-102)84-56-80(78-46-50-88-86-48-36-66(64-108)52-90(86)106(3,4)92(88)60-78)55-83(58-84)103-115-99(72-29-17-8-18-30-72)113-100(116-103)73-31-19-9-20-32-73/h5-62H,1-4H3. The lowest BCUT2D eigenvalue weighted by Gasteiger charge is -2.22. The highest BCUT2D eigenvalue weighted by atomic mass is 15.0. The molecule has 0 aliphatic heterocycles. The van der Waals surface area contributed by atoms with Crippen LogP contribution in [0.2, 0.25) is 0 Å². The van der Waals surface area contributed by atoms with Crippen LogP contribution in [0.5, 0.6) is 0 Å². The predicted molar refractivity (Wildman–Crippen MR) is 470 cm³/mol. The highest BCUT2D eigenvalue weighted by Gasteiger charge is 2.38. The summed E-state index contributed by atoms with van der Waals surface area (Å²) in [5.41, 5.74) is 29.0. The molecule has 12 nitrogen and oxygen atoms in total. The Morgan fingerprint density at radius 3 is 0.712 bits per heavy atom. The van der Waals surface area contributed by atoms with Crippen LogP contribution in [0, 0.1) is 22.7 Å². The normalized spacial score (nSPS) is 12.5. The minimum absolute atomic E-state index is 0.371. The molecule has 0 saturated heterocycles. The maximum Gasteiger partial charge on any atom is 0.164 e. The molecule has 0 saturated carbocycles. The maximum atomic E-state index is 10.0. The quantitative estimate of drug-likeness (QED) is 0.0950. The average Bonchev–Trinajstić information content (AvgIpc) is 1.58. The summed E-state index contributed by atoms with van der Waals surface area (Å²) in [6, 6.07) is 125. The first-order valence-electron chi connectivity index (χ1n) is 39.3. The van der Waals surface area contributed by atoms with Crippen LogP contribution >= 0.6 is 0 Å². The Morgan fingerprint density at radius 1 is 0.178 bits per heavy atom. The summed E-state index contributed by atoms with van der Waals surface area (Å²) in [7, 11) is 0. The fraction of sp³-hybridized carbons (Fsp3) is 0.0566. The zero-order valence-corrected chi connectivity index (χ0v) is 64.9. The molecule has 12 heteroatoms. The summed E-state index contributed by atoms with van der Waals surface area (Å²) in [6.45, 7) is 8.96. The second-order valence-electron chi connectivity index (χ2n) is 31.0. The lowest BCUT2D eigenvalue weighted by Crippen LogP contribution is -2.15. The van der Waals surface area contributed by atoms with Crippen LogP contribution in [0.15, 0.2) is 352 Å². The summed E-state index contributed by atoms with van der Waals surface area (Å²) in [5, 5.41) is 20.0. The summed E-state index contributed by atoms with van der Waals surface area (Å²) in [4.78, 5) is 53.0. The Labute approximate surface area is 683 Å². The molecule has 0 bridgehead atoms. The molecular formula is C106H70N12. The highest BCUT2D eigenvalue weighted by molar-refractivity contribution is 5.90. The van der Waals surface area contributed by atoms with E-state index >= 15 is 0 Å². The van der Waals surface area contributed by atoms with Gasteiger partial charge in [0.15, 0.2) is 46.6 Å². The topological polar surface area (TPSA) is 176 Å². The number of hydrogen-bond donors (Lipinski definition) is 0. The van der Waals surface area contributed by atoms with Crippen molar-refractivity contribution in [2.45, 2.75) is 38.5 Å². The van der Waals surface area contributed by atoms with Crippen LogP contribution in [-0.4, -0.2) is 49.8 Å². The first-order valence-corrected chi connectivity index (χ1v) is 39.3. The van der Waals surface area contributed by atoms with E-state index < -0.39 is 5.41 Å². The van der Waals surface area contributed by atoms with Crippen molar-refractivity contribution < 1.29 is 0 Å². The predicted octanol–water partition coefficient (Wildman–Crippen LogP) is 25.0. The first kappa shape index (κ1) is 71.3. The monoisotopic (exact) mass is 1510 g/mol. The minimum Gasteiger partial charge on any atom is -0.228 e. The number of aromatic nitrogens is 10. The third kappa shape index (κ3) is 13.3. The van der Waals surface area contributed by atoms with Gasteiger partial charge in [-0.3, -0.25) is 0 Å². The summed E-state index contributed by atoms with van der Waals surface area (Å²) in [6.07, 6.45) is 0. The molecule has 0 unspecified atom stereocenters. The second-order valence-corrected chi connectivity index (χ2v) is 31.0. The molecule has 4 aromatic heterocycles. The van der Waals surface area contributed by atoms with Gasteiger partial charge in [0.05, 0.1) is 46.0 Å². The number of benzene rings is 14. The van der Waals surface area contributed by atoms with Gasteiger partial charge < -0.3 is 0 Å². The van der Waals surface area contributed by atoms with Crippen LogP contribution in [0.3, 0.4) is 0 Å². The Bertz CT molecular complexity index is 6540. The van der Waals surface area contributed by atoms with E-state index in [0.717, 1.165) is 162 Å². The number of hydrogen-bond acceptors (Lipinski definition) is 12. The third-order valence-corrected chi connectivity index (χ3v) is 22.9. The van der Waals surface area contributed by atoms with E-state index in [9.17, 15) is 10.5 Å². The van der Waals surface area contributed by atoms with Crippen LogP contribution in [0.1, 0.15) is 61.1 Å². The number of fused-ring (bicyclic) bond motifs is 6. The van der Waals surface area contributed by atoms with Crippen molar-refractivity contribution in [3.8, 4) is 204 Å². The second kappa shape index (κ2) is 29.3. The molecule has 0 N–H and O–H groups in total. The van der Waals surface area contributed by atoms with E-state index in [4.69, 9.17) is 49.8 Å². The van der Waals surface area contributed by atoms with Crippen LogP contribution < -0.4 is 0 Å². The van der Waals surface area contributed by atoms with Crippen molar-refractivity contribution in [3.05, 3.63) is 385 Å². The fourth-order valence-corrected chi connectivity index (χ4v) is 16.6. The Kier molecular flexibility index (Phi) is 17.7. The first-order chi connectivity index (χ1) is 57.8. The van der Waals surface area contributed by atoms with E-state index in [-0.39, 0.29) is 5.41 Å². The fourth-order valence-electron chi connectivity index (χ4n) is 16.6. The lowest BCUT2D eigenvalue weighted by atomic mass is 9.81. The van der Waals surface area contributed by atoms with Crippen LogP contribution in [-0.2, 0) is 10.8 Å². The molecule has 18 aromatic rings. The van der Waals surface area contributed by atoms with Crippen molar-refractivity contribution >= 4 is 0 Å². The van der Waals surface area contributed by atoms with E-state index in [1.165, 1.54) is 5.56 Å². The zero-order valence-electron chi connectivity index (χ0n) is 64.9. The largest absolute Gasteiger partial charge is 0.228 e. The van der Waals surface area contributed by atoms with Gasteiger partial charge in [-0.15, -0.1) is 0 Å². The molecule has 4 heterocycles. The molecule has 0 spiro atoms. The van der Waals surface area contributed by atoms with E-state index in [0.29, 0.717) is 57.7 Å². The molecule has 554 valence electrons. The number of nitriles is 2. The highest BCUT2D eigenvalue weighted by Crippen LogP contribution is 2.53. The van der Waals surface area contributed by atoms with Gasteiger partial charge in [-0.25, -0.2) is 49.8 Å². The van der Waals surface area contributed by atoms with Crippen molar-refractivity contribution in [3.63, 3.8) is 0 Å². The van der Waals surface area contributed by atoms with Gasteiger partial charge in [0.2, 0.25) is 0 Å². The molecule has 2 aliphatic carbocycles. The molecular weight excluding hydrogens is 1440 g/mol. The molecule has 0 fully saturated rings. The van der Waals surface area contributed by atoms with Crippen molar-refractivity contribution in [2.75, 3.05) is 0 Å². The Morgan fingerprint density at radius 2 is 0.398 bits per heavy atom. The maximum absolute atomic E-state index is 10.0.